The molecule has 0 atom stereocenters. The van der Waals surface area contributed by atoms with Crippen LogP contribution < -0.4 is 16.0 Å². The van der Waals surface area contributed by atoms with Crippen LogP contribution in [0.1, 0.15) is 35.3 Å². The molecule has 0 aliphatic carbocycles. The molecule has 0 aliphatic rings. The molecule has 0 fully saturated rings. The Kier molecular flexibility index (Phi) is 7.11. The summed E-state index contributed by atoms with van der Waals surface area (Å²) in [6.45, 7) is 6.64. The van der Waals surface area contributed by atoms with Crippen molar-refractivity contribution in [3.8, 4) is 0 Å². The van der Waals surface area contributed by atoms with Crippen molar-refractivity contribution in [2.45, 2.75) is 27.3 Å². The van der Waals surface area contributed by atoms with Crippen molar-refractivity contribution < 1.29 is 14.4 Å². The number of carbonyl (C=O) groups excluding carboxylic acids is 3. The number of nitrogens with one attached hydrogen (secondary N) is 3. The van der Waals surface area contributed by atoms with Gasteiger partial charge in [0.2, 0.25) is 0 Å². The van der Waals surface area contributed by atoms with Gasteiger partial charge in [-0.1, -0.05) is 50.2 Å². The number of aryl methyl sites for hydroxylation is 1. The highest BCUT2D eigenvalue weighted by Crippen LogP contribution is 2.15. The minimum atomic E-state index is -0.796. The smallest absolute Gasteiger partial charge is 0.313 e. The second-order valence-electron chi connectivity index (χ2n) is 6.71. The number of carbonyl (C=O) groups is 3. The molecule has 142 valence electrons. The van der Waals surface area contributed by atoms with E-state index in [0.717, 1.165) is 11.1 Å². The van der Waals surface area contributed by atoms with Gasteiger partial charge in [0.05, 0.1) is 11.3 Å². The average Bonchev–Trinajstić information content (AvgIpc) is 2.65. The van der Waals surface area contributed by atoms with Gasteiger partial charge in [-0.2, -0.15) is 0 Å². The molecule has 0 spiro atoms. The Labute approximate surface area is 159 Å². The first-order valence-corrected chi connectivity index (χ1v) is 8.89. The van der Waals surface area contributed by atoms with E-state index in [4.69, 9.17) is 0 Å². The topological polar surface area (TPSA) is 87.3 Å². The number of rotatable bonds is 6. The Morgan fingerprint density at radius 3 is 2.26 bits per heavy atom. The molecule has 0 saturated carbocycles. The van der Waals surface area contributed by atoms with Gasteiger partial charge in [0.1, 0.15) is 0 Å². The normalized spacial score (nSPS) is 10.4. The summed E-state index contributed by atoms with van der Waals surface area (Å²) in [5, 5.41) is 7.91. The summed E-state index contributed by atoms with van der Waals surface area (Å²) in [6.07, 6.45) is 0. The lowest BCUT2D eigenvalue weighted by Gasteiger charge is -2.12. The van der Waals surface area contributed by atoms with Crippen molar-refractivity contribution in [2.75, 3.05) is 11.9 Å². The number of hydrogen-bond donors (Lipinski definition) is 3. The third-order valence-corrected chi connectivity index (χ3v) is 4.00. The van der Waals surface area contributed by atoms with E-state index in [9.17, 15) is 14.4 Å². The predicted octanol–water partition coefficient (Wildman–Crippen LogP) is 2.64. The number of amides is 3. The van der Waals surface area contributed by atoms with Crippen molar-refractivity contribution in [1.82, 2.24) is 10.6 Å². The Morgan fingerprint density at radius 1 is 0.889 bits per heavy atom. The second kappa shape index (κ2) is 9.52. The van der Waals surface area contributed by atoms with Gasteiger partial charge in [-0.05, 0) is 36.1 Å². The maximum atomic E-state index is 12.6. The molecule has 0 saturated heterocycles. The molecule has 6 nitrogen and oxygen atoms in total. The molecule has 3 amide bonds. The van der Waals surface area contributed by atoms with Crippen LogP contribution in [0.3, 0.4) is 0 Å². The molecule has 0 heterocycles. The highest BCUT2D eigenvalue weighted by molar-refractivity contribution is 6.40. The SMILES string of the molecule is Cc1ccccc1CNC(=O)c1ccccc1NC(=O)C(=O)NCC(C)C. The van der Waals surface area contributed by atoms with Crippen molar-refractivity contribution >= 4 is 23.4 Å². The number of benzene rings is 2. The molecule has 2 rings (SSSR count). The second-order valence-corrected chi connectivity index (χ2v) is 6.71. The van der Waals surface area contributed by atoms with Crippen LogP contribution in [0.5, 0.6) is 0 Å². The van der Waals surface area contributed by atoms with Crippen LogP contribution in [0.2, 0.25) is 0 Å². The average molecular weight is 367 g/mol. The third kappa shape index (κ3) is 5.95. The van der Waals surface area contributed by atoms with E-state index in [1.54, 1.807) is 24.3 Å². The van der Waals surface area contributed by atoms with Crippen molar-refractivity contribution in [2.24, 2.45) is 5.92 Å². The molecule has 0 aromatic heterocycles. The molecule has 2 aromatic carbocycles. The highest BCUT2D eigenvalue weighted by Gasteiger charge is 2.17. The molecule has 2 aromatic rings. The van der Waals surface area contributed by atoms with Crippen molar-refractivity contribution in [1.29, 1.82) is 0 Å². The summed E-state index contributed by atoms with van der Waals surface area (Å²) in [6, 6.07) is 14.4. The van der Waals surface area contributed by atoms with Gasteiger partial charge < -0.3 is 16.0 Å². The van der Waals surface area contributed by atoms with E-state index in [-0.39, 0.29) is 11.8 Å². The zero-order valence-electron chi connectivity index (χ0n) is 15.8. The van der Waals surface area contributed by atoms with E-state index in [0.29, 0.717) is 24.3 Å². The van der Waals surface area contributed by atoms with Crippen molar-refractivity contribution in [3.63, 3.8) is 0 Å². The number of para-hydroxylation sites is 1. The fraction of sp³-hybridized carbons (Fsp3) is 0.286. The van der Waals surface area contributed by atoms with Gasteiger partial charge in [0.15, 0.2) is 0 Å². The quantitative estimate of drug-likeness (QED) is 0.686. The van der Waals surface area contributed by atoms with Crippen LogP contribution in [0, 0.1) is 12.8 Å². The Balaban J connectivity index is 2.04. The lowest BCUT2D eigenvalue weighted by Crippen LogP contribution is -2.37. The van der Waals surface area contributed by atoms with Gasteiger partial charge in [0.25, 0.3) is 5.91 Å². The molecule has 6 heteroatoms. The Morgan fingerprint density at radius 2 is 1.56 bits per heavy atom. The van der Waals surface area contributed by atoms with Crippen LogP contribution in [0.25, 0.3) is 0 Å². The fourth-order valence-corrected chi connectivity index (χ4v) is 2.43. The maximum Gasteiger partial charge on any atom is 0.313 e. The summed E-state index contributed by atoms with van der Waals surface area (Å²) in [5.41, 5.74) is 2.70. The first-order valence-electron chi connectivity index (χ1n) is 8.89. The lowest BCUT2D eigenvalue weighted by atomic mass is 10.1. The van der Waals surface area contributed by atoms with Crippen LogP contribution in [-0.2, 0) is 16.1 Å². The molecule has 0 radical (unpaired) electrons. The zero-order chi connectivity index (χ0) is 19.8. The summed E-state index contributed by atoms with van der Waals surface area (Å²) in [5.74, 6) is -1.60. The lowest BCUT2D eigenvalue weighted by molar-refractivity contribution is -0.136. The number of hydrogen-bond acceptors (Lipinski definition) is 3. The van der Waals surface area contributed by atoms with Crippen LogP contribution in [0.4, 0.5) is 5.69 Å². The Hall–Kier alpha value is -3.15. The third-order valence-electron chi connectivity index (χ3n) is 4.00. The maximum absolute atomic E-state index is 12.6. The van der Waals surface area contributed by atoms with Crippen LogP contribution >= 0.6 is 0 Å². The molecular formula is C21H25N3O3. The summed E-state index contributed by atoms with van der Waals surface area (Å²) in [7, 11) is 0. The summed E-state index contributed by atoms with van der Waals surface area (Å²) < 4.78 is 0. The summed E-state index contributed by atoms with van der Waals surface area (Å²) >= 11 is 0. The van der Waals surface area contributed by atoms with Crippen LogP contribution in [0.15, 0.2) is 48.5 Å². The van der Waals surface area contributed by atoms with Gasteiger partial charge in [-0.15, -0.1) is 0 Å². The molecule has 0 unspecified atom stereocenters. The summed E-state index contributed by atoms with van der Waals surface area (Å²) in [4.78, 5) is 36.5. The first-order chi connectivity index (χ1) is 12.9. The first kappa shape index (κ1) is 20.2. The van der Waals surface area contributed by atoms with E-state index >= 15 is 0 Å². The van der Waals surface area contributed by atoms with Gasteiger partial charge in [-0.25, -0.2) is 0 Å². The highest BCUT2D eigenvalue weighted by atomic mass is 16.2. The zero-order valence-corrected chi connectivity index (χ0v) is 15.8. The largest absolute Gasteiger partial charge is 0.348 e. The van der Waals surface area contributed by atoms with E-state index in [1.807, 2.05) is 45.0 Å². The van der Waals surface area contributed by atoms with Gasteiger partial charge in [0, 0.05) is 13.1 Å². The van der Waals surface area contributed by atoms with Crippen molar-refractivity contribution in [3.05, 3.63) is 65.2 Å². The number of anilines is 1. The van der Waals surface area contributed by atoms with Crippen LogP contribution in [-0.4, -0.2) is 24.3 Å². The minimum absolute atomic E-state index is 0.237. The Bertz CT molecular complexity index is 831. The molecular weight excluding hydrogens is 342 g/mol. The van der Waals surface area contributed by atoms with E-state index in [2.05, 4.69) is 16.0 Å². The molecule has 0 bridgehead atoms. The van der Waals surface area contributed by atoms with E-state index < -0.39 is 11.8 Å². The van der Waals surface area contributed by atoms with Gasteiger partial charge in [-0.3, -0.25) is 14.4 Å². The monoisotopic (exact) mass is 367 g/mol. The minimum Gasteiger partial charge on any atom is -0.348 e. The van der Waals surface area contributed by atoms with Gasteiger partial charge >= 0.3 is 11.8 Å². The molecule has 3 N–H and O–H groups in total. The molecule has 0 aliphatic heterocycles. The standard InChI is InChI=1S/C21H25N3O3/c1-14(2)12-22-20(26)21(27)24-18-11-7-6-10-17(18)19(25)23-13-16-9-5-4-8-15(16)3/h4-11,14H,12-13H2,1-3H3,(H,22,26)(H,23,25)(H,24,27). The fourth-order valence-electron chi connectivity index (χ4n) is 2.43. The molecule has 27 heavy (non-hydrogen) atoms. The van der Waals surface area contributed by atoms with E-state index in [1.165, 1.54) is 0 Å². The predicted molar refractivity (Wildman–Crippen MR) is 105 cm³/mol.